The van der Waals surface area contributed by atoms with Gasteiger partial charge in [0.25, 0.3) is 0 Å². The van der Waals surface area contributed by atoms with Crippen LogP contribution in [-0.2, 0) is 0 Å². The number of halogens is 2. The van der Waals surface area contributed by atoms with E-state index in [-0.39, 0.29) is 16.6 Å². The van der Waals surface area contributed by atoms with Crippen LogP contribution in [0.3, 0.4) is 0 Å². The predicted molar refractivity (Wildman–Crippen MR) is 69.4 cm³/mol. The lowest BCUT2D eigenvalue weighted by Crippen LogP contribution is -2.20. The van der Waals surface area contributed by atoms with E-state index < -0.39 is 0 Å². The zero-order chi connectivity index (χ0) is 12.8. The highest BCUT2D eigenvalue weighted by Crippen LogP contribution is 2.16. The number of hydrogen-bond donors (Lipinski definition) is 1. The van der Waals surface area contributed by atoms with Crippen LogP contribution in [0.2, 0.25) is 10.6 Å². The highest BCUT2D eigenvalue weighted by molar-refractivity contribution is 6.31. The van der Waals surface area contributed by atoms with E-state index in [4.69, 9.17) is 28.0 Å². The van der Waals surface area contributed by atoms with E-state index in [9.17, 15) is 0 Å². The average Bonchev–Trinajstić information content (AvgIpc) is 2.26. The van der Waals surface area contributed by atoms with Crippen molar-refractivity contribution in [1.82, 2.24) is 20.4 Å². The van der Waals surface area contributed by atoms with Gasteiger partial charge < -0.3 is 4.84 Å². The minimum absolute atomic E-state index is 0.0124. The van der Waals surface area contributed by atoms with Crippen molar-refractivity contribution < 1.29 is 4.84 Å². The SMILES string of the molecule is Clc1nc(Cl)nc(ONC2=CCCCCCC2)n1. The standard InChI is InChI=1S/C11H14Cl2N4O/c12-9-14-10(13)16-11(15-9)18-17-8-6-4-2-1-3-5-7-8/h6,17H,1-5,7H2. The first-order chi connectivity index (χ1) is 8.74. The number of nitrogens with one attached hydrogen (secondary N) is 1. The van der Waals surface area contributed by atoms with Gasteiger partial charge in [-0.2, -0.15) is 15.0 Å². The van der Waals surface area contributed by atoms with E-state index in [2.05, 4.69) is 26.5 Å². The van der Waals surface area contributed by atoms with Crippen molar-refractivity contribution in [2.45, 2.75) is 38.5 Å². The molecule has 1 aromatic rings. The van der Waals surface area contributed by atoms with Gasteiger partial charge in [0.15, 0.2) is 0 Å². The molecule has 0 spiro atoms. The molecule has 98 valence electrons. The maximum absolute atomic E-state index is 5.65. The normalized spacial score (nSPS) is 16.4. The first kappa shape index (κ1) is 13.4. The van der Waals surface area contributed by atoms with Crippen LogP contribution in [0.5, 0.6) is 6.01 Å². The molecule has 0 unspecified atom stereocenters. The molecular weight excluding hydrogens is 275 g/mol. The fraction of sp³-hybridized carbons (Fsp3) is 0.545. The maximum atomic E-state index is 5.65. The van der Waals surface area contributed by atoms with Gasteiger partial charge in [-0.05, 0) is 48.9 Å². The molecule has 1 N–H and O–H groups in total. The molecule has 2 rings (SSSR count). The Morgan fingerprint density at radius 3 is 2.50 bits per heavy atom. The topological polar surface area (TPSA) is 59.9 Å². The number of allylic oxidation sites excluding steroid dienone is 2. The third-order valence-corrected chi connectivity index (χ3v) is 2.96. The monoisotopic (exact) mass is 288 g/mol. The molecule has 1 aliphatic rings. The van der Waals surface area contributed by atoms with Crippen LogP contribution in [0.25, 0.3) is 0 Å². The Labute approximate surface area is 116 Å². The number of rotatable bonds is 3. The van der Waals surface area contributed by atoms with Gasteiger partial charge in [-0.15, -0.1) is 0 Å². The van der Waals surface area contributed by atoms with Crippen LogP contribution in [0, 0.1) is 0 Å². The smallest absolute Gasteiger partial charge is 0.340 e. The second kappa shape index (κ2) is 6.75. The van der Waals surface area contributed by atoms with Crippen molar-refractivity contribution in [1.29, 1.82) is 0 Å². The number of hydrogen-bond acceptors (Lipinski definition) is 5. The van der Waals surface area contributed by atoms with Crippen molar-refractivity contribution in [3.05, 3.63) is 22.3 Å². The van der Waals surface area contributed by atoms with Crippen LogP contribution in [-0.4, -0.2) is 15.0 Å². The molecule has 0 atom stereocenters. The van der Waals surface area contributed by atoms with Crippen molar-refractivity contribution in [2.75, 3.05) is 0 Å². The molecule has 0 aromatic carbocycles. The summed E-state index contributed by atoms with van der Waals surface area (Å²) in [6, 6.07) is 0.0722. The summed E-state index contributed by atoms with van der Waals surface area (Å²) in [5, 5.41) is 0.0249. The van der Waals surface area contributed by atoms with Gasteiger partial charge in [0.05, 0.1) is 0 Å². The van der Waals surface area contributed by atoms with E-state index in [1.807, 2.05) is 0 Å². The Kier molecular flexibility index (Phi) is 5.01. The molecule has 0 saturated carbocycles. The second-order valence-corrected chi connectivity index (χ2v) is 4.72. The zero-order valence-electron chi connectivity index (χ0n) is 9.83. The summed E-state index contributed by atoms with van der Waals surface area (Å²) < 4.78 is 0. The molecule has 1 heterocycles. The Bertz CT molecular complexity index is 419. The molecular formula is C11H14Cl2N4O. The largest absolute Gasteiger partial charge is 0.348 e. The van der Waals surface area contributed by atoms with E-state index in [1.165, 1.54) is 19.3 Å². The lowest BCUT2D eigenvalue weighted by molar-refractivity contribution is 0.202. The lowest BCUT2D eigenvalue weighted by atomic mass is 10.0. The fourth-order valence-electron chi connectivity index (χ4n) is 1.75. The van der Waals surface area contributed by atoms with Crippen molar-refractivity contribution in [3.63, 3.8) is 0 Å². The van der Waals surface area contributed by atoms with E-state index in [1.54, 1.807) is 0 Å². The summed E-state index contributed by atoms with van der Waals surface area (Å²) in [6.45, 7) is 0. The highest BCUT2D eigenvalue weighted by Gasteiger charge is 2.06. The van der Waals surface area contributed by atoms with E-state index in [0.717, 1.165) is 25.0 Å². The van der Waals surface area contributed by atoms with Crippen molar-refractivity contribution >= 4 is 23.2 Å². The third-order valence-electron chi connectivity index (χ3n) is 2.62. The fourth-order valence-corrected chi connectivity index (χ4v) is 2.10. The molecule has 7 heteroatoms. The molecule has 0 amide bonds. The quantitative estimate of drug-likeness (QED) is 0.865. The summed E-state index contributed by atoms with van der Waals surface area (Å²) in [7, 11) is 0. The van der Waals surface area contributed by atoms with Crippen LogP contribution >= 0.6 is 23.2 Å². The van der Waals surface area contributed by atoms with E-state index in [0.29, 0.717) is 0 Å². The minimum atomic E-state index is 0.0124. The molecule has 0 radical (unpaired) electrons. The van der Waals surface area contributed by atoms with E-state index >= 15 is 0 Å². The molecule has 5 nitrogen and oxygen atoms in total. The summed E-state index contributed by atoms with van der Waals surface area (Å²) in [6.07, 6.45) is 9.09. The molecule has 0 aliphatic heterocycles. The Morgan fingerprint density at radius 1 is 1.00 bits per heavy atom. The summed E-state index contributed by atoms with van der Waals surface area (Å²) in [5.74, 6) is 0. The van der Waals surface area contributed by atoms with Gasteiger partial charge in [-0.3, -0.25) is 0 Å². The molecule has 1 aromatic heterocycles. The number of nitrogens with zero attached hydrogens (tertiary/aromatic N) is 3. The summed E-state index contributed by atoms with van der Waals surface area (Å²) in [4.78, 5) is 16.5. The number of aromatic nitrogens is 3. The van der Waals surface area contributed by atoms with Crippen molar-refractivity contribution in [3.8, 4) is 6.01 Å². The molecule has 0 bridgehead atoms. The average molecular weight is 289 g/mol. The van der Waals surface area contributed by atoms with Gasteiger partial charge in [0.2, 0.25) is 10.6 Å². The van der Waals surface area contributed by atoms with Gasteiger partial charge in [-0.25, -0.2) is 5.48 Å². The minimum Gasteiger partial charge on any atom is -0.340 e. The van der Waals surface area contributed by atoms with Crippen LogP contribution in [0.4, 0.5) is 0 Å². The third kappa shape index (κ3) is 4.31. The lowest BCUT2D eigenvalue weighted by Gasteiger charge is -2.13. The summed E-state index contributed by atoms with van der Waals surface area (Å²) in [5.41, 5.74) is 3.89. The Morgan fingerprint density at radius 2 is 1.72 bits per heavy atom. The van der Waals surface area contributed by atoms with Gasteiger partial charge >= 0.3 is 6.01 Å². The van der Waals surface area contributed by atoms with Crippen LogP contribution in [0.1, 0.15) is 38.5 Å². The maximum Gasteiger partial charge on any atom is 0.348 e. The molecule has 18 heavy (non-hydrogen) atoms. The Balaban J connectivity index is 1.93. The summed E-state index contributed by atoms with van der Waals surface area (Å²) >= 11 is 11.3. The first-order valence-corrected chi connectivity index (χ1v) is 6.68. The number of hydroxylamine groups is 1. The molecule has 0 fully saturated rings. The van der Waals surface area contributed by atoms with Crippen molar-refractivity contribution in [2.24, 2.45) is 0 Å². The van der Waals surface area contributed by atoms with Crippen LogP contribution in [0.15, 0.2) is 11.8 Å². The van der Waals surface area contributed by atoms with Gasteiger partial charge in [-0.1, -0.05) is 18.9 Å². The van der Waals surface area contributed by atoms with Gasteiger partial charge in [0, 0.05) is 5.70 Å². The van der Waals surface area contributed by atoms with Crippen LogP contribution < -0.4 is 10.3 Å². The van der Waals surface area contributed by atoms with Gasteiger partial charge in [0.1, 0.15) is 0 Å². The molecule has 0 saturated heterocycles. The second-order valence-electron chi connectivity index (χ2n) is 4.04. The first-order valence-electron chi connectivity index (χ1n) is 5.93. The predicted octanol–water partition coefficient (Wildman–Crippen LogP) is 3.30. The Hall–Kier alpha value is -1.07. The zero-order valence-corrected chi connectivity index (χ0v) is 11.3. The molecule has 1 aliphatic carbocycles. The highest BCUT2D eigenvalue weighted by atomic mass is 35.5.